The second kappa shape index (κ2) is 9.84. The average Bonchev–Trinajstić information content (AvgIpc) is 3.04. The van der Waals surface area contributed by atoms with Gasteiger partial charge < -0.3 is 11.2 Å². The molecular formula is C17H14Cl3N7OS. The molecule has 0 aliphatic heterocycles. The van der Waals surface area contributed by atoms with Crippen LogP contribution >= 0.6 is 46.6 Å². The lowest BCUT2D eigenvalue weighted by Gasteiger charge is -2.07. The highest BCUT2D eigenvalue weighted by molar-refractivity contribution is 7.99. The zero-order valence-corrected chi connectivity index (χ0v) is 17.7. The van der Waals surface area contributed by atoms with Crippen LogP contribution in [0.5, 0.6) is 0 Å². The molecule has 0 unspecified atom stereocenters. The molecule has 1 heterocycles. The van der Waals surface area contributed by atoms with E-state index in [1.54, 1.807) is 36.5 Å². The lowest BCUT2D eigenvalue weighted by Crippen LogP contribution is -2.17. The lowest BCUT2D eigenvalue weighted by molar-refractivity contribution is -0.113. The van der Waals surface area contributed by atoms with E-state index in [9.17, 15) is 4.79 Å². The number of hydrazone groups is 1. The van der Waals surface area contributed by atoms with Crippen LogP contribution in [0.1, 0.15) is 5.56 Å². The largest absolute Gasteiger partial charge is 0.334 e. The van der Waals surface area contributed by atoms with E-state index in [4.69, 9.17) is 40.6 Å². The maximum Gasteiger partial charge on any atom is 0.264 e. The lowest BCUT2D eigenvalue weighted by atomic mass is 10.2. The number of hydrogen-bond acceptors (Lipinski definition) is 7. The number of nitrogens with two attached hydrogens (primary N) is 1. The second-order valence-corrected chi connectivity index (χ2v) is 7.70. The van der Waals surface area contributed by atoms with E-state index in [0.717, 1.165) is 17.3 Å². The van der Waals surface area contributed by atoms with Crippen molar-refractivity contribution in [2.45, 2.75) is 5.16 Å². The highest BCUT2D eigenvalue weighted by Gasteiger charge is 2.13. The Kier molecular flexibility index (Phi) is 7.21. The minimum atomic E-state index is -0.296. The highest BCUT2D eigenvalue weighted by atomic mass is 35.5. The van der Waals surface area contributed by atoms with Crippen molar-refractivity contribution in [3.63, 3.8) is 0 Å². The maximum absolute atomic E-state index is 12.1. The van der Waals surface area contributed by atoms with E-state index in [0.29, 0.717) is 20.9 Å². The third kappa shape index (κ3) is 5.77. The average molecular weight is 471 g/mol. The molecule has 0 bridgehead atoms. The molecule has 1 amide bonds. The zero-order chi connectivity index (χ0) is 20.8. The van der Waals surface area contributed by atoms with Gasteiger partial charge in [-0.1, -0.05) is 64.8 Å². The van der Waals surface area contributed by atoms with Crippen LogP contribution < -0.4 is 16.6 Å². The van der Waals surface area contributed by atoms with E-state index >= 15 is 0 Å². The van der Waals surface area contributed by atoms with E-state index in [1.165, 1.54) is 4.68 Å². The van der Waals surface area contributed by atoms with Crippen LogP contribution in [0, 0.1) is 0 Å². The molecule has 4 N–H and O–H groups in total. The molecule has 0 fully saturated rings. The van der Waals surface area contributed by atoms with Crippen molar-refractivity contribution in [2.75, 3.05) is 22.3 Å². The Hall–Kier alpha value is -2.46. The molecule has 8 nitrogen and oxygen atoms in total. The number of thioether (sulfide) groups is 1. The monoisotopic (exact) mass is 469 g/mol. The molecule has 0 saturated heterocycles. The first-order valence-corrected chi connectivity index (χ1v) is 10.2. The van der Waals surface area contributed by atoms with Crippen molar-refractivity contribution in [1.82, 2.24) is 14.9 Å². The van der Waals surface area contributed by atoms with Gasteiger partial charge in [0.15, 0.2) is 0 Å². The smallest absolute Gasteiger partial charge is 0.264 e. The van der Waals surface area contributed by atoms with Gasteiger partial charge in [-0.3, -0.25) is 4.79 Å². The Labute approximate surface area is 185 Å². The van der Waals surface area contributed by atoms with Crippen LogP contribution in [0.3, 0.4) is 0 Å². The van der Waals surface area contributed by atoms with Crippen molar-refractivity contribution in [2.24, 2.45) is 5.10 Å². The van der Waals surface area contributed by atoms with Gasteiger partial charge in [0.1, 0.15) is 0 Å². The molecule has 150 valence electrons. The quantitative estimate of drug-likeness (QED) is 0.207. The van der Waals surface area contributed by atoms with Crippen LogP contribution in [-0.2, 0) is 4.79 Å². The Bertz CT molecular complexity index is 1060. The van der Waals surface area contributed by atoms with Crippen LogP contribution in [0.2, 0.25) is 15.1 Å². The van der Waals surface area contributed by atoms with E-state index in [2.05, 4.69) is 26.0 Å². The highest BCUT2D eigenvalue weighted by Crippen LogP contribution is 2.29. The fraction of sp³-hybridized carbons (Fsp3) is 0.0588. The van der Waals surface area contributed by atoms with Crippen LogP contribution in [0.4, 0.5) is 11.6 Å². The van der Waals surface area contributed by atoms with Gasteiger partial charge in [-0.05, 0) is 29.8 Å². The number of amides is 1. The molecule has 0 aliphatic carbocycles. The van der Waals surface area contributed by atoms with Gasteiger partial charge in [-0.15, -0.1) is 10.2 Å². The van der Waals surface area contributed by atoms with Crippen LogP contribution in [0.15, 0.2) is 52.7 Å². The standard InChI is InChI=1S/C17H14Cl3N7OS/c18-11-4-1-3-10(7-11)8-22-24-16-25-26-17(27(16)21)29-9-14(28)23-13-6-2-5-12(19)15(13)20/h1-8H,9,21H2,(H,23,28)(H,24,25)/b22-8+. The number of benzene rings is 2. The normalized spacial score (nSPS) is 11.0. The van der Waals surface area contributed by atoms with Crippen molar-refractivity contribution in [1.29, 1.82) is 0 Å². The number of nitrogens with zero attached hydrogens (tertiary/aromatic N) is 4. The number of carbonyl (C=O) groups is 1. The number of halogens is 3. The summed E-state index contributed by atoms with van der Waals surface area (Å²) in [6.45, 7) is 0. The fourth-order valence-corrected chi connectivity index (χ4v) is 3.32. The summed E-state index contributed by atoms with van der Waals surface area (Å²) < 4.78 is 1.19. The number of anilines is 2. The Morgan fingerprint density at radius 3 is 2.79 bits per heavy atom. The number of carbonyl (C=O) groups excluding carboxylic acids is 1. The molecule has 0 aliphatic rings. The van der Waals surface area contributed by atoms with Crippen molar-refractivity contribution in [3.8, 4) is 0 Å². The molecular weight excluding hydrogens is 457 g/mol. The number of rotatable bonds is 7. The Morgan fingerprint density at radius 1 is 1.21 bits per heavy atom. The van der Waals surface area contributed by atoms with Gasteiger partial charge in [0.05, 0.1) is 27.7 Å². The van der Waals surface area contributed by atoms with Crippen LogP contribution in [0.25, 0.3) is 0 Å². The Morgan fingerprint density at radius 2 is 2.00 bits per heavy atom. The fourth-order valence-electron chi connectivity index (χ4n) is 2.12. The molecule has 2 aromatic carbocycles. The van der Waals surface area contributed by atoms with Crippen LogP contribution in [-0.4, -0.2) is 32.7 Å². The summed E-state index contributed by atoms with van der Waals surface area (Å²) in [6.07, 6.45) is 1.57. The predicted molar refractivity (Wildman–Crippen MR) is 119 cm³/mol. The van der Waals surface area contributed by atoms with Gasteiger partial charge >= 0.3 is 0 Å². The first kappa shape index (κ1) is 21.3. The van der Waals surface area contributed by atoms with Crippen molar-refractivity contribution >= 4 is 70.3 Å². The molecule has 0 spiro atoms. The first-order chi connectivity index (χ1) is 13.9. The van der Waals surface area contributed by atoms with Gasteiger partial charge in [0.25, 0.3) is 5.95 Å². The molecule has 0 radical (unpaired) electrons. The summed E-state index contributed by atoms with van der Waals surface area (Å²) in [4.78, 5) is 12.1. The van der Waals surface area contributed by atoms with Crippen molar-refractivity contribution in [3.05, 3.63) is 63.1 Å². The number of nitrogens with one attached hydrogen (secondary N) is 2. The summed E-state index contributed by atoms with van der Waals surface area (Å²) in [5.41, 5.74) is 3.92. The molecule has 12 heteroatoms. The number of hydrogen-bond donors (Lipinski definition) is 3. The summed E-state index contributed by atoms with van der Waals surface area (Å²) >= 11 is 19.0. The Balaban J connectivity index is 1.55. The van der Waals surface area contributed by atoms with E-state index in [-0.39, 0.29) is 22.6 Å². The molecule has 0 atom stereocenters. The third-order valence-corrected chi connectivity index (χ3v) is 5.45. The molecule has 29 heavy (non-hydrogen) atoms. The summed E-state index contributed by atoms with van der Waals surface area (Å²) in [6, 6.07) is 12.2. The topological polar surface area (TPSA) is 110 Å². The van der Waals surface area contributed by atoms with E-state index < -0.39 is 0 Å². The van der Waals surface area contributed by atoms with Gasteiger partial charge in [-0.2, -0.15) is 5.10 Å². The number of nitrogen functional groups attached to an aromatic ring is 1. The first-order valence-electron chi connectivity index (χ1n) is 8.06. The van der Waals surface area contributed by atoms with Gasteiger partial charge in [0, 0.05) is 5.02 Å². The molecule has 3 aromatic rings. The van der Waals surface area contributed by atoms with Crippen molar-refractivity contribution < 1.29 is 4.79 Å². The second-order valence-electron chi connectivity index (χ2n) is 5.54. The molecule has 3 rings (SSSR count). The minimum Gasteiger partial charge on any atom is -0.334 e. The zero-order valence-electron chi connectivity index (χ0n) is 14.6. The summed E-state index contributed by atoms with van der Waals surface area (Å²) in [5.74, 6) is 5.89. The number of aromatic nitrogens is 3. The SMILES string of the molecule is Nn1c(N/N=C/c2cccc(Cl)c2)nnc1SCC(=O)Nc1cccc(Cl)c1Cl. The summed E-state index contributed by atoms with van der Waals surface area (Å²) in [7, 11) is 0. The molecule has 0 saturated carbocycles. The minimum absolute atomic E-state index is 0.0456. The van der Waals surface area contributed by atoms with Gasteiger partial charge in [-0.25, -0.2) is 10.1 Å². The third-order valence-electron chi connectivity index (χ3n) is 3.45. The predicted octanol–water partition coefficient (Wildman–Crippen LogP) is 4.13. The van der Waals surface area contributed by atoms with Gasteiger partial charge in [0.2, 0.25) is 11.1 Å². The van der Waals surface area contributed by atoms with E-state index in [1.807, 2.05) is 12.1 Å². The molecule has 1 aromatic heterocycles. The maximum atomic E-state index is 12.1. The summed E-state index contributed by atoms with van der Waals surface area (Å²) in [5, 5.41) is 16.1.